The van der Waals surface area contributed by atoms with Gasteiger partial charge < -0.3 is 10.4 Å². The number of nitrogens with one attached hydrogen (secondary N) is 1. The predicted molar refractivity (Wildman–Crippen MR) is 66.8 cm³/mol. The van der Waals surface area contributed by atoms with Gasteiger partial charge in [-0.3, -0.25) is 9.69 Å². The lowest BCUT2D eigenvalue weighted by Crippen LogP contribution is -2.26. The molecule has 0 spiro atoms. The highest BCUT2D eigenvalue weighted by Gasteiger charge is 2.34. The summed E-state index contributed by atoms with van der Waals surface area (Å²) in [6, 6.07) is 5.20. The molecule has 1 aliphatic heterocycles. The highest BCUT2D eigenvalue weighted by molar-refractivity contribution is 5.94. The second-order valence-corrected chi connectivity index (χ2v) is 4.67. The summed E-state index contributed by atoms with van der Waals surface area (Å²) in [5.74, 6) is -1.37. The first-order valence-electron chi connectivity index (χ1n) is 5.90. The molecule has 2 atom stereocenters. The van der Waals surface area contributed by atoms with Crippen LogP contribution in [-0.4, -0.2) is 35.5 Å². The molecule has 1 amide bonds. The molecule has 6 heteroatoms. The van der Waals surface area contributed by atoms with Crippen LogP contribution in [0.25, 0.3) is 0 Å². The van der Waals surface area contributed by atoms with E-state index in [2.05, 4.69) is 11.4 Å². The standard InChI is InChI=1S/C13H14FN3O2/c1-17-7-8(4-10(17)6-15)13(19)16-11-5-9(14)2-3-12(11)18/h2-3,5,8,10,18H,4,7H2,1H3,(H,16,19). The number of nitrogens with zero attached hydrogens (tertiary/aromatic N) is 2. The second-order valence-electron chi connectivity index (χ2n) is 4.67. The Labute approximate surface area is 110 Å². The van der Waals surface area contributed by atoms with Crippen molar-refractivity contribution in [3.8, 4) is 11.8 Å². The SMILES string of the molecule is CN1CC(C(=O)Nc2cc(F)ccc2O)CC1C#N. The number of carbonyl (C=O) groups excluding carboxylic acids is 1. The molecule has 0 bridgehead atoms. The molecule has 2 unspecified atom stereocenters. The van der Waals surface area contributed by atoms with Crippen molar-refractivity contribution in [3.63, 3.8) is 0 Å². The molecule has 0 radical (unpaired) electrons. The summed E-state index contributed by atoms with van der Waals surface area (Å²) in [4.78, 5) is 13.8. The second kappa shape index (κ2) is 5.24. The van der Waals surface area contributed by atoms with E-state index in [4.69, 9.17) is 5.26 Å². The third-order valence-corrected chi connectivity index (χ3v) is 3.28. The summed E-state index contributed by atoms with van der Waals surface area (Å²) in [5.41, 5.74) is 0.0491. The minimum Gasteiger partial charge on any atom is -0.506 e. The molecule has 1 aliphatic rings. The van der Waals surface area contributed by atoms with Crippen molar-refractivity contribution in [2.24, 2.45) is 5.92 Å². The number of likely N-dealkylation sites (tertiary alicyclic amines) is 1. The largest absolute Gasteiger partial charge is 0.506 e. The first-order valence-corrected chi connectivity index (χ1v) is 5.90. The lowest BCUT2D eigenvalue weighted by atomic mass is 10.1. The van der Waals surface area contributed by atoms with E-state index >= 15 is 0 Å². The van der Waals surface area contributed by atoms with Gasteiger partial charge in [-0.25, -0.2) is 4.39 Å². The number of halogens is 1. The van der Waals surface area contributed by atoms with Crippen LogP contribution < -0.4 is 5.32 Å². The number of hydrogen-bond donors (Lipinski definition) is 2. The van der Waals surface area contributed by atoms with Crippen molar-refractivity contribution in [2.45, 2.75) is 12.5 Å². The van der Waals surface area contributed by atoms with Crippen molar-refractivity contribution in [1.82, 2.24) is 4.90 Å². The summed E-state index contributed by atoms with van der Waals surface area (Å²) in [6.07, 6.45) is 0.439. The maximum atomic E-state index is 13.0. The van der Waals surface area contributed by atoms with E-state index in [1.165, 1.54) is 6.07 Å². The molecular formula is C13H14FN3O2. The Kier molecular flexibility index (Phi) is 3.67. The topological polar surface area (TPSA) is 76.4 Å². The Morgan fingerprint density at radius 1 is 1.63 bits per heavy atom. The Hall–Kier alpha value is -2.13. The fraction of sp³-hybridized carbons (Fsp3) is 0.385. The van der Waals surface area contributed by atoms with Crippen LogP contribution in [0.5, 0.6) is 5.75 Å². The van der Waals surface area contributed by atoms with Gasteiger partial charge in [-0.05, 0) is 25.6 Å². The zero-order valence-corrected chi connectivity index (χ0v) is 10.4. The zero-order valence-electron chi connectivity index (χ0n) is 10.4. The fourth-order valence-electron chi connectivity index (χ4n) is 2.18. The van der Waals surface area contributed by atoms with Gasteiger partial charge in [-0.1, -0.05) is 0 Å². The van der Waals surface area contributed by atoms with Crippen molar-refractivity contribution >= 4 is 11.6 Å². The van der Waals surface area contributed by atoms with Gasteiger partial charge in [0.2, 0.25) is 5.91 Å². The summed E-state index contributed by atoms with van der Waals surface area (Å²) >= 11 is 0. The molecule has 1 fully saturated rings. The number of phenols is 1. The van der Waals surface area contributed by atoms with E-state index in [1.807, 2.05) is 0 Å². The first-order chi connectivity index (χ1) is 9.01. The average molecular weight is 263 g/mol. The molecular weight excluding hydrogens is 249 g/mol. The minimum atomic E-state index is -0.536. The van der Waals surface area contributed by atoms with E-state index in [-0.39, 0.29) is 29.3 Å². The van der Waals surface area contributed by atoms with Gasteiger partial charge in [0.1, 0.15) is 11.6 Å². The minimum absolute atomic E-state index is 0.0491. The van der Waals surface area contributed by atoms with Crippen LogP contribution >= 0.6 is 0 Å². The third-order valence-electron chi connectivity index (χ3n) is 3.28. The van der Waals surface area contributed by atoms with Crippen LogP contribution in [0.4, 0.5) is 10.1 Å². The Morgan fingerprint density at radius 3 is 3.00 bits per heavy atom. The number of rotatable bonds is 2. The number of anilines is 1. The number of nitriles is 1. The number of aromatic hydroxyl groups is 1. The average Bonchev–Trinajstić information content (AvgIpc) is 2.75. The van der Waals surface area contributed by atoms with Crippen molar-refractivity contribution in [3.05, 3.63) is 24.0 Å². The highest BCUT2D eigenvalue weighted by atomic mass is 19.1. The summed E-state index contributed by atoms with van der Waals surface area (Å²) in [5, 5.41) is 20.9. The van der Waals surface area contributed by atoms with Gasteiger partial charge in [0.15, 0.2) is 0 Å². The number of hydrogen-bond acceptors (Lipinski definition) is 4. The van der Waals surface area contributed by atoms with E-state index in [0.29, 0.717) is 13.0 Å². The van der Waals surface area contributed by atoms with E-state index in [9.17, 15) is 14.3 Å². The monoisotopic (exact) mass is 263 g/mol. The molecule has 0 aromatic heterocycles. The van der Waals surface area contributed by atoms with Crippen LogP contribution in [-0.2, 0) is 4.79 Å². The molecule has 1 heterocycles. The van der Waals surface area contributed by atoms with Crippen molar-refractivity contribution < 1.29 is 14.3 Å². The van der Waals surface area contributed by atoms with Crippen LogP contribution in [0.2, 0.25) is 0 Å². The Bertz CT molecular complexity index is 541. The summed E-state index contributed by atoms with van der Waals surface area (Å²) < 4.78 is 13.0. The van der Waals surface area contributed by atoms with Crippen LogP contribution in [0, 0.1) is 23.1 Å². The highest BCUT2D eigenvalue weighted by Crippen LogP contribution is 2.27. The van der Waals surface area contributed by atoms with E-state index < -0.39 is 5.82 Å². The summed E-state index contributed by atoms with van der Waals surface area (Å²) in [7, 11) is 1.78. The van der Waals surface area contributed by atoms with Gasteiger partial charge in [0.05, 0.1) is 23.7 Å². The molecule has 5 nitrogen and oxygen atoms in total. The third kappa shape index (κ3) is 2.83. The number of phenolic OH excluding ortho intramolecular Hbond substituents is 1. The Morgan fingerprint density at radius 2 is 2.37 bits per heavy atom. The van der Waals surface area contributed by atoms with Crippen LogP contribution in [0.1, 0.15) is 6.42 Å². The zero-order chi connectivity index (χ0) is 14.0. The fourth-order valence-corrected chi connectivity index (χ4v) is 2.18. The van der Waals surface area contributed by atoms with Gasteiger partial charge in [0.25, 0.3) is 0 Å². The summed E-state index contributed by atoms with van der Waals surface area (Å²) in [6.45, 7) is 0.472. The van der Waals surface area contributed by atoms with Crippen LogP contribution in [0.15, 0.2) is 18.2 Å². The number of benzene rings is 1. The molecule has 2 rings (SSSR count). The molecule has 0 aliphatic carbocycles. The maximum absolute atomic E-state index is 13.0. The lowest BCUT2D eigenvalue weighted by Gasteiger charge is -2.12. The maximum Gasteiger partial charge on any atom is 0.228 e. The molecule has 0 saturated carbocycles. The molecule has 1 aromatic rings. The predicted octanol–water partition coefficient (Wildman–Crippen LogP) is 1.31. The van der Waals surface area contributed by atoms with Crippen molar-refractivity contribution in [1.29, 1.82) is 5.26 Å². The normalized spacial score (nSPS) is 23.0. The van der Waals surface area contributed by atoms with E-state index in [0.717, 1.165) is 12.1 Å². The van der Waals surface area contributed by atoms with Crippen LogP contribution in [0.3, 0.4) is 0 Å². The molecule has 100 valence electrons. The van der Waals surface area contributed by atoms with Gasteiger partial charge in [-0.15, -0.1) is 0 Å². The smallest absolute Gasteiger partial charge is 0.228 e. The number of carbonyl (C=O) groups is 1. The lowest BCUT2D eigenvalue weighted by molar-refractivity contribution is -0.119. The van der Waals surface area contributed by atoms with Gasteiger partial charge >= 0.3 is 0 Å². The van der Waals surface area contributed by atoms with Crippen molar-refractivity contribution in [2.75, 3.05) is 18.9 Å². The van der Waals surface area contributed by atoms with Gasteiger partial charge in [-0.2, -0.15) is 5.26 Å². The van der Waals surface area contributed by atoms with Gasteiger partial charge in [0, 0.05) is 12.6 Å². The quantitative estimate of drug-likeness (QED) is 0.789. The Balaban J connectivity index is 2.06. The number of amides is 1. The molecule has 19 heavy (non-hydrogen) atoms. The van der Waals surface area contributed by atoms with E-state index in [1.54, 1.807) is 11.9 Å². The molecule has 1 saturated heterocycles. The first kappa shape index (κ1) is 13.3. The molecule has 2 N–H and O–H groups in total. The molecule has 1 aromatic carbocycles.